The second kappa shape index (κ2) is 6.32. The maximum absolute atomic E-state index is 12.2. The van der Waals surface area contributed by atoms with Crippen molar-refractivity contribution in [1.82, 2.24) is 15.3 Å². The minimum absolute atomic E-state index is 0.155. The van der Waals surface area contributed by atoms with Crippen LogP contribution in [0.4, 0.5) is 5.13 Å². The maximum atomic E-state index is 12.2. The van der Waals surface area contributed by atoms with Crippen LogP contribution in [-0.4, -0.2) is 29.0 Å². The molecule has 0 unspecified atom stereocenters. The standard InChI is InChI=1S/C15H18N4OS/c1-10-6-12(8-17-7-10)14(20)19-15-18-9-13(21-15)11-2-4-16-5-3-11/h6-9,11,16H,2-5H2,1H3,(H,18,19,20). The molecule has 0 aromatic carbocycles. The van der Waals surface area contributed by atoms with Gasteiger partial charge >= 0.3 is 0 Å². The van der Waals surface area contributed by atoms with Crippen LogP contribution in [0.2, 0.25) is 0 Å². The van der Waals surface area contributed by atoms with Gasteiger partial charge in [0.05, 0.1) is 5.56 Å². The van der Waals surface area contributed by atoms with Crippen LogP contribution in [-0.2, 0) is 0 Å². The number of aromatic nitrogens is 2. The molecule has 0 saturated carbocycles. The number of carbonyl (C=O) groups excluding carboxylic acids is 1. The fraction of sp³-hybridized carbons (Fsp3) is 0.400. The molecular formula is C15H18N4OS. The predicted octanol–water partition coefficient (Wildman–Crippen LogP) is 2.57. The van der Waals surface area contributed by atoms with Gasteiger partial charge in [-0.3, -0.25) is 15.1 Å². The molecule has 0 radical (unpaired) electrons. The molecule has 0 atom stereocenters. The van der Waals surface area contributed by atoms with Gasteiger partial charge in [-0.1, -0.05) is 0 Å². The van der Waals surface area contributed by atoms with Crippen LogP contribution in [0.15, 0.2) is 24.7 Å². The zero-order chi connectivity index (χ0) is 14.7. The number of anilines is 1. The van der Waals surface area contributed by atoms with Crippen molar-refractivity contribution in [2.45, 2.75) is 25.7 Å². The van der Waals surface area contributed by atoms with E-state index in [1.54, 1.807) is 23.7 Å². The van der Waals surface area contributed by atoms with Gasteiger partial charge in [0.15, 0.2) is 5.13 Å². The van der Waals surface area contributed by atoms with Gasteiger partial charge in [-0.15, -0.1) is 11.3 Å². The summed E-state index contributed by atoms with van der Waals surface area (Å²) in [6.45, 7) is 4.03. The molecule has 1 saturated heterocycles. The normalized spacial score (nSPS) is 15.9. The Morgan fingerprint density at radius 3 is 2.90 bits per heavy atom. The quantitative estimate of drug-likeness (QED) is 0.914. The van der Waals surface area contributed by atoms with Gasteiger partial charge in [0, 0.05) is 23.5 Å². The van der Waals surface area contributed by atoms with Crippen LogP contribution in [0.3, 0.4) is 0 Å². The average Bonchev–Trinajstić information content (AvgIpc) is 2.97. The van der Waals surface area contributed by atoms with E-state index in [1.807, 2.05) is 19.2 Å². The van der Waals surface area contributed by atoms with Gasteiger partial charge < -0.3 is 5.32 Å². The molecule has 3 heterocycles. The average molecular weight is 302 g/mol. The summed E-state index contributed by atoms with van der Waals surface area (Å²) in [5.74, 6) is 0.410. The molecule has 2 N–H and O–H groups in total. The van der Waals surface area contributed by atoms with E-state index in [1.165, 1.54) is 4.88 Å². The number of pyridine rings is 1. The van der Waals surface area contributed by atoms with E-state index >= 15 is 0 Å². The van der Waals surface area contributed by atoms with Gasteiger partial charge in [-0.25, -0.2) is 4.98 Å². The summed E-state index contributed by atoms with van der Waals surface area (Å²) >= 11 is 1.58. The lowest BCUT2D eigenvalue weighted by molar-refractivity contribution is 0.102. The molecule has 2 aromatic heterocycles. The molecule has 110 valence electrons. The molecular weight excluding hydrogens is 284 g/mol. The highest BCUT2D eigenvalue weighted by molar-refractivity contribution is 7.15. The fourth-order valence-corrected chi connectivity index (χ4v) is 3.47. The van der Waals surface area contributed by atoms with Crippen molar-refractivity contribution in [2.75, 3.05) is 18.4 Å². The van der Waals surface area contributed by atoms with E-state index in [2.05, 4.69) is 20.6 Å². The fourth-order valence-electron chi connectivity index (χ4n) is 2.49. The number of amides is 1. The third-order valence-electron chi connectivity index (χ3n) is 3.62. The van der Waals surface area contributed by atoms with Crippen molar-refractivity contribution in [2.24, 2.45) is 0 Å². The summed E-state index contributed by atoms with van der Waals surface area (Å²) in [6, 6.07) is 1.82. The minimum Gasteiger partial charge on any atom is -0.317 e. The predicted molar refractivity (Wildman–Crippen MR) is 83.9 cm³/mol. The number of hydrogen-bond donors (Lipinski definition) is 2. The molecule has 0 aliphatic carbocycles. The summed E-state index contributed by atoms with van der Waals surface area (Å²) in [7, 11) is 0. The van der Waals surface area contributed by atoms with Crippen molar-refractivity contribution in [3.8, 4) is 0 Å². The SMILES string of the molecule is Cc1cncc(C(=O)Nc2ncc(C3CCNCC3)s2)c1. The molecule has 1 aliphatic heterocycles. The van der Waals surface area contributed by atoms with Crippen LogP contribution in [0.25, 0.3) is 0 Å². The minimum atomic E-state index is -0.155. The van der Waals surface area contributed by atoms with E-state index in [0.717, 1.165) is 31.5 Å². The van der Waals surface area contributed by atoms with E-state index in [0.29, 0.717) is 16.6 Å². The van der Waals surface area contributed by atoms with Crippen LogP contribution in [0, 0.1) is 6.92 Å². The Morgan fingerprint density at radius 2 is 2.14 bits per heavy atom. The van der Waals surface area contributed by atoms with E-state index in [4.69, 9.17) is 0 Å². The second-order valence-corrected chi connectivity index (χ2v) is 6.36. The highest BCUT2D eigenvalue weighted by atomic mass is 32.1. The van der Waals surface area contributed by atoms with E-state index in [-0.39, 0.29) is 5.91 Å². The van der Waals surface area contributed by atoms with Crippen LogP contribution in [0.1, 0.15) is 39.6 Å². The van der Waals surface area contributed by atoms with Gasteiger partial charge in [0.2, 0.25) is 0 Å². The monoisotopic (exact) mass is 302 g/mol. The first-order valence-electron chi connectivity index (χ1n) is 7.12. The number of hydrogen-bond acceptors (Lipinski definition) is 5. The number of nitrogens with zero attached hydrogens (tertiary/aromatic N) is 2. The van der Waals surface area contributed by atoms with Gasteiger partial charge in [-0.05, 0) is 50.4 Å². The van der Waals surface area contributed by atoms with Gasteiger partial charge in [0.25, 0.3) is 5.91 Å². The second-order valence-electron chi connectivity index (χ2n) is 5.30. The van der Waals surface area contributed by atoms with Crippen LogP contribution >= 0.6 is 11.3 Å². The topological polar surface area (TPSA) is 66.9 Å². The number of aryl methyl sites for hydroxylation is 1. The van der Waals surface area contributed by atoms with Crippen molar-refractivity contribution in [1.29, 1.82) is 0 Å². The number of nitrogens with one attached hydrogen (secondary N) is 2. The molecule has 6 heteroatoms. The van der Waals surface area contributed by atoms with Gasteiger partial charge in [0.1, 0.15) is 0 Å². The van der Waals surface area contributed by atoms with Crippen LogP contribution < -0.4 is 10.6 Å². The Hall–Kier alpha value is -1.79. The lowest BCUT2D eigenvalue weighted by Gasteiger charge is -2.20. The molecule has 21 heavy (non-hydrogen) atoms. The Balaban J connectivity index is 1.68. The van der Waals surface area contributed by atoms with Crippen molar-refractivity contribution in [3.05, 3.63) is 40.7 Å². The van der Waals surface area contributed by atoms with E-state index < -0.39 is 0 Å². The number of thiazole rings is 1. The number of carbonyl (C=O) groups is 1. The zero-order valence-corrected chi connectivity index (χ0v) is 12.7. The molecule has 3 rings (SSSR count). The number of rotatable bonds is 3. The Kier molecular flexibility index (Phi) is 4.26. The summed E-state index contributed by atoms with van der Waals surface area (Å²) in [5, 5.41) is 6.88. The van der Waals surface area contributed by atoms with Crippen molar-refractivity contribution in [3.63, 3.8) is 0 Å². The van der Waals surface area contributed by atoms with Crippen molar-refractivity contribution >= 4 is 22.4 Å². The Labute approximate surface area is 127 Å². The molecule has 0 bridgehead atoms. The first kappa shape index (κ1) is 14.2. The summed E-state index contributed by atoms with van der Waals surface area (Å²) < 4.78 is 0. The first-order chi connectivity index (χ1) is 10.2. The summed E-state index contributed by atoms with van der Waals surface area (Å²) in [6.07, 6.45) is 7.47. The third kappa shape index (κ3) is 3.46. The maximum Gasteiger partial charge on any atom is 0.259 e. The lowest BCUT2D eigenvalue weighted by atomic mass is 9.97. The van der Waals surface area contributed by atoms with E-state index in [9.17, 15) is 4.79 Å². The van der Waals surface area contributed by atoms with Crippen LogP contribution in [0.5, 0.6) is 0 Å². The van der Waals surface area contributed by atoms with Crippen molar-refractivity contribution < 1.29 is 4.79 Å². The molecule has 0 spiro atoms. The molecule has 2 aromatic rings. The Morgan fingerprint density at radius 1 is 1.33 bits per heavy atom. The molecule has 1 amide bonds. The Bertz CT molecular complexity index is 634. The molecule has 1 aliphatic rings. The zero-order valence-electron chi connectivity index (χ0n) is 11.9. The number of piperidine rings is 1. The summed E-state index contributed by atoms with van der Waals surface area (Å²) in [5.41, 5.74) is 1.53. The highest BCUT2D eigenvalue weighted by Crippen LogP contribution is 2.31. The summed E-state index contributed by atoms with van der Waals surface area (Å²) in [4.78, 5) is 21.8. The molecule has 1 fully saturated rings. The third-order valence-corrected chi connectivity index (χ3v) is 4.70. The smallest absolute Gasteiger partial charge is 0.259 e. The highest BCUT2D eigenvalue weighted by Gasteiger charge is 2.18. The van der Waals surface area contributed by atoms with Gasteiger partial charge in [-0.2, -0.15) is 0 Å². The first-order valence-corrected chi connectivity index (χ1v) is 7.93. The lowest BCUT2D eigenvalue weighted by Crippen LogP contribution is -2.26. The largest absolute Gasteiger partial charge is 0.317 e. The molecule has 5 nitrogen and oxygen atoms in total.